The number of thioether (sulfide) groups is 1. The first kappa shape index (κ1) is 18.5. The Morgan fingerprint density at radius 2 is 1.81 bits per heavy atom. The molecule has 0 saturated heterocycles. The summed E-state index contributed by atoms with van der Waals surface area (Å²) in [5.74, 6) is 1.66. The van der Waals surface area contributed by atoms with E-state index in [-0.39, 0.29) is 12.2 Å². The molecule has 0 aliphatic carbocycles. The maximum atomic E-state index is 12.7. The third kappa shape index (κ3) is 4.65. The molecule has 1 N–H and O–H groups in total. The average Bonchev–Trinajstić information content (AvgIpc) is 2.68. The Morgan fingerprint density at radius 3 is 2.62 bits per heavy atom. The number of para-hydroxylation sites is 2. The summed E-state index contributed by atoms with van der Waals surface area (Å²) >= 11 is 1.55. The quantitative estimate of drug-likeness (QED) is 0.356. The number of aromatic nitrogens is 2. The Balaban J connectivity index is 1.66. The maximum absolute atomic E-state index is 12.7. The van der Waals surface area contributed by atoms with Crippen molar-refractivity contribution in [3.8, 4) is 5.75 Å². The van der Waals surface area contributed by atoms with E-state index in [1.54, 1.807) is 22.4 Å². The van der Waals surface area contributed by atoms with Crippen molar-refractivity contribution in [3.05, 3.63) is 65.0 Å². The van der Waals surface area contributed by atoms with Gasteiger partial charge in [-0.2, -0.15) is 0 Å². The lowest BCUT2D eigenvalue weighted by molar-refractivity contribution is 0.276. The lowest BCUT2D eigenvalue weighted by Crippen LogP contribution is -2.24. The van der Waals surface area contributed by atoms with Crippen LogP contribution in [0.25, 0.3) is 10.9 Å². The number of nitrogens with zero attached hydrogens (tertiary/aromatic N) is 2. The zero-order chi connectivity index (χ0) is 18.2. The molecule has 0 fully saturated rings. The topological polar surface area (TPSA) is 64.3 Å². The van der Waals surface area contributed by atoms with Gasteiger partial charge in [-0.3, -0.25) is 9.36 Å². The van der Waals surface area contributed by atoms with E-state index in [4.69, 9.17) is 9.84 Å². The molecule has 6 heteroatoms. The first-order valence-electron chi connectivity index (χ1n) is 8.70. The average molecular weight is 370 g/mol. The molecule has 0 spiro atoms. The van der Waals surface area contributed by atoms with Gasteiger partial charge in [-0.05, 0) is 37.1 Å². The van der Waals surface area contributed by atoms with Gasteiger partial charge in [0.05, 0.1) is 17.5 Å². The van der Waals surface area contributed by atoms with Crippen LogP contribution >= 0.6 is 11.8 Å². The molecule has 0 amide bonds. The number of aliphatic hydroxyl groups excluding tert-OH is 1. The number of ether oxygens (including phenoxy) is 1. The third-order valence-corrected chi connectivity index (χ3v) is 4.96. The third-order valence-electron chi connectivity index (χ3n) is 3.90. The number of benzene rings is 2. The van der Waals surface area contributed by atoms with Crippen molar-refractivity contribution in [3.63, 3.8) is 0 Å². The lowest BCUT2D eigenvalue weighted by atomic mass is 10.2. The summed E-state index contributed by atoms with van der Waals surface area (Å²) in [6, 6.07) is 17.1. The largest absolute Gasteiger partial charge is 0.494 e. The van der Waals surface area contributed by atoms with E-state index < -0.39 is 0 Å². The fourth-order valence-electron chi connectivity index (χ4n) is 2.61. The second kappa shape index (κ2) is 9.40. The molecule has 1 aromatic heterocycles. The minimum Gasteiger partial charge on any atom is -0.494 e. The fraction of sp³-hybridized carbons (Fsp3) is 0.300. The van der Waals surface area contributed by atoms with Gasteiger partial charge < -0.3 is 9.84 Å². The van der Waals surface area contributed by atoms with E-state index in [9.17, 15) is 4.79 Å². The molecule has 0 radical (unpaired) electrons. The Morgan fingerprint density at radius 1 is 1.04 bits per heavy atom. The van der Waals surface area contributed by atoms with Gasteiger partial charge in [-0.1, -0.05) is 42.1 Å². The van der Waals surface area contributed by atoms with Crippen molar-refractivity contribution in [1.82, 2.24) is 9.55 Å². The number of hydrogen-bond donors (Lipinski definition) is 1. The van der Waals surface area contributed by atoms with E-state index >= 15 is 0 Å². The molecule has 0 aliphatic heterocycles. The Hall–Kier alpha value is -2.31. The summed E-state index contributed by atoms with van der Waals surface area (Å²) in [4.78, 5) is 17.4. The molecule has 1 heterocycles. The first-order chi connectivity index (χ1) is 12.8. The predicted molar refractivity (Wildman–Crippen MR) is 105 cm³/mol. The molecule has 2 aromatic carbocycles. The molecule has 3 rings (SSSR count). The maximum Gasteiger partial charge on any atom is 0.262 e. The number of rotatable bonds is 9. The van der Waals surface area contributed by atoms with Gasteiger partial charge in [0.15, 0.2) is 5.16 Å². The Labute approximate surface area is 156 Å². The number of aliphatic hydroxyl groups is 1. The minimum absolute atomic E-state index is 0.0490. The van der Waals surface area contributed by atoms with E-state index in [0.29, 0.717) is 35.6 Å². The number of fused-ring (bicyclic) bond motifs is 1. The molecule has 0 bridgehead atoms. The molecule has 0 aliphatic rings. The van der Waals surface area contributed by atoms with Crippen LogP contribution in [0, 0.1) is 0 Å². The van der Waals surface area contributed by atoms with Crippen LogP contribution in [0.1, 0.15) is 12.8 Å². The van der Waals surface area contributed by atoms with E-state index in [0.717, 1.165) is 17.9 Å². The van der Waals surface area contributed by atoms with Crippen LogP contribution in [0.15, 0.2) is 64.5 Å². The zero-order valence-corrected chi connectivity index (χ0v) is 15.3. The molecule has 136 valence electrons. The van der Waals surface area contributed by atoms with Gasteiger partial charge in [0.2, 0.25) is 0 Å². The van der Waals surface area contributed by atoms with Crippen LogP contribution in [0.4, 0.5) is 0 Å². The SMILES string of the molecule is O=c1c2ccccc2nc(SCCCOc2ccccc2)n1CCCO. The zero-order valence-electron chi connectivity index (χ0n) is 14.5. The normalized spacial score (nSPS) is 11.0. The van der Waals surface area contributed by atoms with Crippen LogP contribution in [-0.4, -0.2) is 33.6 Å². The summed E-state index contributed by atoms with van der Waals surface area (Å²) < 4.78 is 7.37. The van der Waals surface area contributed by atoms with Gasteiger partial charge in [0.25, 0.3) is 5.56 Å². The van der Waals surface area contributed by atoms with E-state index in [1.807, 2.05) is 48.5 Å². The van der Waals surface area contributed by atoms with Crippen LogP contribution in [0.2, 0.25) is 0 Å². The minimum atomic E-state index is -0.0490. The fourth-order valence-corrected chi connectivity index (χ4v) is 3.55. The summed E-state index contributed by atoms with van der Waals surface area (Å²) in [7, 11) is 0. The molecule has 0 saturated carbocycles. The molecule has 0 unspecified atom stereocenters. The molecule has 0 atom stereocenters. The summed E-state index contributed by atoms with van der Waals surface area (Å²) in [5.41, 5.74) is 0.660. The van der Waals surface area contributed by atoms with E-state index in [1.165, 1.54) is 0 Å². The monoisotopic (exact) mass is 370 g/mol. The van der Waals surface area contributed by atoms with Crippen molar-refractivity contribution >= 4 is 22.7 Å². The summed E-state index contributed by atoms with van der Waals surface area (Å²) in [5, 5.41) is 10.4. The Bertz CT molecular complexity index is 896. The smallest absolute Gasteiger partial charge is 0.262 e. The van der Waals surface area contributed by atoms with Crippen LogP contribution in [-0.2, 0) is 6.54 Å². The molecular weight excluding hydrogens is 348 g/mol. The van der Waals surface area contributed by atoms with Crippen LogP contribution < -0.4 is 10.3 Å². The summed E-state index contributed by atoms with van der Waals surface area (Å²) in [6.07, 6.45) is 1.38. The standard InChI is InChI=1S/C20H22N2O3S/c23-13-6-12-22-19(24)17-10-4-5-11-18(17)21-20(22)26-15-7-14-25-16-8-2-1-3-9-16/h1-5,8-11,23H,6-7,12-15H2. The molecule has 26 heavy (non-hydrogen) atoms. The van der Waals surface area contributed by atoms with E-state index in [2.05, 4.69) is 4.98 Å². The van der Waals surface area contributed by atoms with Gasteiger partial charge in [-0.25, -0.2) is 4.98 Å². The second-order valence-corrected chi connectivity index (χ2v) is 6.87. The highest BCUT2D eigenvalue weighted by Crippen LogP contribution is 2.19. The van der Waals surface area contributed by atoms with Crippen LogP contribution in [0.5, 0.6) is 5.75 Å². The van der Waals surface area contributed by atoms with Gasteiger partial charge >= 0.3 is 0 Å². The highest BCUT2D eigenvalue weighted by atomic mass is 32.2. The molecule has 3 aromatic rings. The highest BCUT2D eigenvalue weighted by Gasteiger charge is 2.11. The predicted octanol–water partition coefficient (Wildman–Crippen LogP) is 3.34. The highest BCUT2D eigenvalue weighted by molar-refractivity contribution is 7.99. The Kier molecular flexibility index (Phi) is 6.68. The number of hydrogen-bond acceptors (Lipinski definition) is 5. The van der Waals surface area contributed by atoms with Gasteiger partial charge in [0, 0.05) is 18.9 Å². The van der Waals surface area contributed by atoms with Crippen molar-refractivity contribution in [1.29, 1.82) is 0 Å². The van der Waals surface area contributed by atoms with Crippen molar-refractivity contribution in [2.24, 2.45) is 0 Å². The van der Waals surface area contributed by atoms with Crippen molar-refractivity contribution in [2.75, 3.05) is 19.0 Å². The molecular formula is C20H22N2O3S. The van der Waals surface area contributed by atoms with Gasteiger partial charge in [-0.15, -0.1) is 0 Å². The van der Waals surface area contributed by atoms with Crippen molar-refractivity contribution in [2.45, 2.75) is 24.5 Å². The molecule has 5 nitrogen and oxygen atoms in total. The summed E-state index contributed by atoms with van der Waals surface area (Å²) in [6.45, 7) is 1.13. The first-order valence-corrected chi connectivity index (χ1v) is 9.69. The van der Waals surface area contributed by atoms with Crippen LogP contribution in [0.3, 0.4) is 0 Å². The van der Waals surface area contributed by atoms with Gasteiger partial charge in [0.1, 0.15) is 5.75 Å². The van der Waals surface area contributed by atoms with Crippen molar-refractivity contribution < 1.29 is 9.84 Å². The second-order valence-electron chi connectivity index (χ2n) is 5.81. The lowest BCUT2D eigenvalue weighted by Gasteiger charge is -2.12.